The third kappa shape index (κ3) is 3.23. The maximum atomic E-state index is 12.2. The quantitative estimate of drug-likeness (QED) is 0.577. The van der Waals surface area contributed by atoms with Gasteiger partial charge in [-0.1, -0.05) is 12.1 Å². The molecule has 1 aromatic rings. The third-order valence-corrected chi connectivity index (χ3v) is 1.83. The molecule has 1 aromatic carbocycles. The summed E-state index contributed by atoms with van der Waals surface area (Å²) in [6.07, 6.45) is -4.33. The fourth-order valence-corrected chi connectivity index (χ4v) is 1.09. The zero-order valence-corrected chi connectivity index (χ0v) is 7.95. The van der Waals surface area contributed by atoms with Crippen molar-refractivity contribution in [1.82, 2.24) is 5.01 Å². The van der Waals surface area contributed by atoms with Crippen molar-refractivity contribution >= 4 is 0 Å². The van der Waals surface area contributed by atoms with Gasteiger partial charge in [0.05, 0.1) is 17.4 Å². The van der Waals surface area contributed by atoms with Crippen LogP contribution < -0.4 is 0 Å². The van der Waals surface area contributed by atoms with Crippen molar-refractivity contribution in [2.45, 2.75) is 12.7 Å². The van der Waals surface area contributed by atoms with Crippen molar-refractivity contribution < 1.29 is 13.2 Å². The molecule has 0 aliphatic carbocycles. The average Bonchev–Trinajstić information content (AvgIpc) is 2.17. The summed E-state index contributed by atoms with van der Waals surface area (Å²) in [6, 6.07) is 4.61. The van der Waals surface area contributed by atoms with E-state index in [0.29, 0.717) is 5.56 Å². The van der Waals surface area contributed by atoms with Crippen molar-refractivity contribution in [3.8, 4) is 0 Å². The predicted molar refractivity (Wildman–Crippen MR) is 48.7 cm³/mol. The second kappa shape index (κ2) is 4.29. The number of benzene rings is 1. The van der Waals surface area contributed by atoms with Crippen molar-refractivity contribution in [1.29, 1.82) is 0 Å². The van der Waals surface area contributed by atoms with Crippen LogP contribution in [0.15, 0.2) is 29.6 Å². The number of hydrogen-bond donors (Lipinski definition) is 0. The van der Waals surface area contributed by atoms with Crippen LogP contribution in [0.5, 0.6) is 0 Å². The number of alkyl halides is 3. The van der Waals surface area contributed by atoms with E-state index in [1.165, 1.54) is 19.2 Å². The van der Waals surface area contributed by atoms with E-state index in [-0.39, 0.29) is 6.54 Å². The standard InChI is InChI=1S/C9H9F3N2O/c1-14(13-15)6-7-2-4-8(5-3-7)9(10,11)12/h2-5H,6H2,1H3. The third-order valence-electron chi connectivity index (χ3n) is 1.83. The molecule has 3 nitrogen and oxygen atoms in total. The van der Waals surface area contributed by atoms with E-state index < -0.39 is 11.7 Å². The number of hydrogen-bond acceptors (Lipinski definition) is 2. The largest absolute Gasteiger partial charge is 0.416 e. The molecule has 0 heterocycles. The number of nitrogens with zero attached hydrogens (tertiary/aromatic N) is 2. The zero-order valence-electron chi connectivity index (χ0n) is 7.95. The topological polar surface area (TPSA) is 32.7 Å². The summed E-state index contributed by atoms with van der Waals surface area (Å²) in [7, 11) is 1.45. The summed E-state index contributed by atoms with van der Waals surface area (Å²) in [5.41, 5.74) is -0.0990. The lowest BCUT2D eigenvalue weighted by Gasteiger charge is -2.10. The Morgan fingerprint density at radius 1 is 1.27 bits per heavy atom. The van der Waals surface area contributed by atoms with Crippen LogP contribution in [-0.4, -0.2) is 12.1 Å². The van der Waals surface area contributed by atoms with E-state index in [1.54, 1.807) is 0 Å². The Morgan fingerprint density at radius 3 is 2.20 bits per heavy atom. The van der Waals surface area contributed by atoms with Gasteiger partial charge in [0.15, 0.2) is 0 Å². The monoisotopic (exact) mass is 218 g/mol. The summed E-state index contributed by atoms with van der Waals surface area (Å²) in [5.74, 6) is 0. The van der Waals surface area contributed by atoms with Gasteiger partial charge in [0.25, 0.3) is 0 Å². The minimum atomic E-state index is -4.33. The van der Waals surface area contributed by atoms with Crippen molar-refractivity contribution in [2.24, 2.45) is 5.29 Å². The number of rotatable bonds is 3. The van der Waals surface area contributed by atoms with Crippen molar-refractivity contribution in [3.63, 3.8) is 0 Å². The minimum absolute atomic E-state index is 0.196. The lowest BCUT2D eigenvalue weighted by atomic mass is 10.1. The van der Waals surface area contributed by atoms with Gasteiger partial charge in [-0.3, -0.25) is 5.01 Å². The smallest absolute Gasteiger partial charge is 0.260 e. The van der Waals surface area contributed by atoms with E-state index >= 15 is 0 Å². The first-order valence-electron chi connectivity index (χ1n) is 4.14. The lowest BCUT2D eigenvalue weighted by molar-refractivity contribution is -0.137. The van der Waals surface area contributed by atoms with Gasteiger partial charge in [-0.25, -0.2) is 0 Å². The number of nitroso groups, excluding NO2 is 1. The van der Waals surface area contributed by atoms with E-state index in [1.807, 2.05) is 0 Å². The Bertz CT molecular complexity index is 334. The Balaban J connectivity index is 2.77. The molecule has 0 fully saturated rings. The molecule has 15 heavy (non-hydrogen) atoms. The SMILES string of the molecule is CN(Cc1ccc(C(F)(F)F)cc1)N=O. The molecule has 0 unspecified atom stereocenters. The molecule has 0 aliphatic heterocycles. The molecule has 0 spiro atoms. The molecule has 0 radical (unpaired) electrons. The van der Waals surface area contributed by atoms with Crippen LogP contribution in [-0.2, 0) is 12.7 Å². The highest BCUT2D eigenvalue weighted by Crippen LogP contribution is 2.29. The zero-order chi connectivity index (χ0) is 11.5. The Kier molecular flexibility index (Phi) is 3.28. The normalized spacial score (nSPS) is 11.2. The van der Waals surface area contributed by atoms with Crippen LogP contribution >= 0.6 is 0 Å². The highest BCUT2D eigenvalue weighted by atomic mass is 19.4. The molecule has 0 amide bonds. The molecule has 0 aromatic heterocycles. The Morgan fingerprint density at radius 2 is 1.80 bits per heavy atom. The molecule has 0 saturated carbocycles. The van der Waals surface area contributed by atoms with Gasteiger partial charge in [0.1, 0.15) is 0 Å². The highest BCUT2D eigenvalue weighted by molar-refractivity contribution is 5.24. The lowest BCUT2D eigenvalue weighted by Crippen LogP contribution is -2.10. The first-order chi connectivity index (χ1) is 6.93. The molecular weight excluding hydrogens is 209 g/mol. The van der Waals surface area contributed by atoms with Crippen LogP contribution in [0.3, 0.4) is 0 Å². The molecule has 82 valence electrons. The van der Waals surface area contributed by atoms with Gasteiger partial charge in [-0.2, -0.15) is 13.2 Å². The second-order valence-corrected chi connectivity index (χ2v) is 3.09. The van der Waals surface area contributed by atoms with Gasteiger partial charge < -0.3 is 0 Å². The number of halogens is 3. The molecular formula is C9H9F3N2O. The first-order valence-corrected chi connectivity index (χ1v) is 4.14. The Hall–Kier alpha value is -1.59. The molecule has 0 bridgehead atoms. The van der Waals surface area contributed by atoms with Crippen LogP contribution in [0.1, 0.15) is 11.1 Å². The van der Waals surface area contributed by atoms with E-state index in [4.69, 9.17) is 0 Å². The molecule has 0 N–H and O–H groups in total. The summed E-state index contributed by atoms with van der Waals surface area (Å²) in [4.78, 5) is 10.0. The predicted octanol–water partition coefficient (Wildman–Crippen LogP) is 2.82. The van der Waals surface area contributed by atoms with Crippen LogP contribution in [0.2, 0.25) is 0 Å². The molecule has 0 atom stereocenters. The summed E-state index contributed by atoms with van der Waals surface area (Å²) >= 11 is 0. The Labute approximate surface area is 84.4 Å². The van der Waals surface area contributed by atoms with Gasteiger partial charge in [-0.15, -0.1) is 4.91 Å². The van der Waals surface area contributed by atoms with Gasteiger partial charge in [0.2, 0.25) is 0 Å². The van der Waals surface area contributed by atoms with Crippen LogP contribution in [0, 0.1) is 4.91 Å². The summed E-state index contributed by atoms with van der Waals surface area (Å²) < 4.78 is 36.5. The van der Waals surface area contributed by atoms with Gasteiger partial charge in [-0.05, 0) is 17.7 Å². The molecule has 6 heteroatoms. The molecule has 1 rings (SSSR count). The molecule has 0 aliphatic rings. The maximum absolute atomic E-state index is 12.2. The molecule has 0 saturated heterocycles. The van der Waals surface area contributed by atoms with Crippen molar-refractivity contribution in [2.75, 3.05) is 7.05 Å². The maximum Gasteiger partial charge on any atom is 0.416 e. The van der Waals surface area contributed by atoms with Gasteiger partial charge in [0, 0.05) is 7.05 Å². The van der Waals surface area contributed by atoms with Crippen LogP contribution in [0.4, 0.5) is 13.2 Å². The first kappa shape index (κ1) is 11.5. The summed E-state index contributed by atoms with van der Waals surface area (Å²) in [5, 5.41) is 3.72. The fraction of sp³-hybridized carbons (Fsp3) is 0.333. The van der Waals surface area contributed by atoms with Crippen molar-refractivity contribution in [3.05, 3.63) is 40.3 Å². The van der Waals surface area contributed by atoms with E-state index in [0.717, 1.165) is 17.1 Å². The van der Waals surface area contributed by atoms with E-state index in [9.17, 15) is 18.1 Å². The average molecular weight is 218 g/mol. The fourth-order valence-electron chi connectivity index (χ4n) is 1.09. The summed E-state index contributed by atoms with van der Waals surface area (Å²) in [6.45, 7) is 0.196. The van der Waals surface area contributed by atoms with Gasteiger partial charge >= 0.3 is 6.18 Å². The minimum Gasteiger partial charge on any atom is -0.260 e. The van der Waals surface area contributed by atoms with Crippen LogP contribution in [0.25, 0.3) is 0 Å². The van der Waals surface area contributed by atoms with E-state index in [2.05, 4.69) is 5.29 Å². The highest BCUT2D eigenvalue weighted by Gasteiger charge is 2.29. The second-order valence-electron chi connectivity index (χ2n) is 3.09.